The second-order valence-corrected chi connectivity index (χ2v) is 13.8. The second-order valence-electron chi connectivity index (χ2n) is 7.54. The van der Waals surface area contributed by atoms with Crippen LogP contribution in [0.25, 0.3) is 10.2 Å². The van der Waals surface area contributed by atoms with E-state index in [-0.39, 0.29) is 29.8 Å². The quantitative estimate of drug-likeness (QED) is 0.541. The van der Waals surface area contributed by atoms with Crippen LogP contribution in [0.5, 0.6) is 0 Å². The van der Waals surface area contributed by atoms with E-state index in [1.165, 1.54) is 47.1 Å². The molecule has 1 aliphatic rings. The highest BCUT2D eigenvalue weighted by Crippen LogP contribution is 2.31. The van der Waals surface area contributed by atoms with Crippen molar-refractivity contribution in [3.63, 3.8) is 0 Å². The number of thiophene rings is 1. The molecule has 1 aliphatic heterocycles. The number of benzene rings is 1. The second kappa shape index (κ2) is 8.80. The molecule has 1 amide bonds. The molecule has 1 N–H and O–H groups in total. The van der Waals surface area contributed by atoms with Crippen molar-refractivity contribution in [1.29, 1.82) is 0 Å². The molecule has 1 saturated heterocycles. The normalized spacial score (nSPS) is 16.6. The van der Waals surface area contributed by atoms with Gasteiger partial charge in [0.05, 0.1) is 15.1 Å². The summed E-state index contributed by atoms with van der Waals surface area (Å²) in [6, 6.07) is 7.94. The Morgan fingerprint density at radius 1 is 1.16 bits per heavy atom. The van der Waals surface area contributed by atoms with Crippen molar-refractivity contribution < 1.29 is 21.6 Å². The van der Waals surface area contributed by atoms with E-state index in [9.17, 15) is 21.6 Å². The number of amides is 1. The first-order valence-corrected chi connectivity index (χ1v) is 14.3. The number of hydrogen-bond acceptors (Lipinski definition) is 8. The van der Waals surface area contributed by atoms with Crippen LogP contribution < -0.4 is 5.32 Å². The summed E-state index contributed by atoms with van der Waals surface area (Å²) >= 11 is 2.39. The number of sulfonamides is 2. The summed E-state index contributed by atoms with van der Waals surface area (Å²) in [5.41, 5.74) is 0.597. The number of anilines is 1. The molecule has 3 heterocycles. The van der Waals surface area contributed by atoms with Crippen LogP contribution in [-0.2, 0) is 24.8 Å². The molecule has 0 unspecified atom stereocenters. The Kier molecular flexibility index (Phi) is 6.40. The van der Waals surface area contributed by atoms with E-state index in [4.69, 9.17) is 0 Å². The molecule has 2 aromatic heterocycles. The number of nitrogens with zero attached hydrogens (tertiary/aromatic N) is 3. The van der Waals surface area contributed by atoms with Gasteiger partial charge >= 0.3 is 0 Å². The summed E-state index contributed by atoms with van der Waals surface area (Å²) in [5.74, 6) is -0.528. The van der Waals surface area contributed by atoms with Gasteiger partial charge in [0.25, 0.3) is 10.0 Å². The number of rotatable bonds is 6. The third-order valence-electron chi connectivity index (χ3n) is 5.28. The smallest absolute Gasteiger partial charge is 0.252 e. The summed E-state index contributed by atoms with van der Waals surface area (Å²) in [7, 11) is -4.14. The minimum Gasteiger partial charge on any atom is -0.302 e. The van der Waals surface area contributed by atoms with Crippen LogP contribution in [0.1, 0.15) is 12.8 Å². The van der Waals surface area contributed by atoms with Crippen molar-refractivity contribution >= 4 is 64.0 Å². The average Bonchev–Trinajstić information content (AvgIpc) is 3.43. The largest absolute Gasteiger partial charge is 0.302 e. The predicted molar refractivity (Wildman–Crippen MR) is 125 cm³/mol. The SMILES string of the molecule is CN(C)S(=O)(=O)c1ccc2nc(NC(=O)C3CCN(S(=O)(=O)c4cccs4)CC3)sc2c1. The predicted octanol–water partition coefficient (Wildman–Crippen LogP) is 2.65. The summed E-state index contributed by atoms with van der Waals surface area (Å²) in [5, 5.41) is 4.92. The van der Waals surface area contributed by atoms with Gasteiger partial charge in [-0.1, -0.05) is 17.4 Å². The molecule has 0 radical (unpaired) electrons. The van der Waals surface area contributed by atoms with Crippen LogP contribution in [-0.4, -0.2) is 63.5 Å². The maximum Gasteiger partial charge on any atom is 0.252 e. The Hall–Kier alpha value is -1.90. The third kappa shape index (κ3) is 4.45. The minimum atomic E-state index is -3.56. The van der Waals surface area contributed by atoms with Gasteiger partial charge in [-0.15, -0.1) is 11.3 Å². The van der Waals surface area contributed by atoms with Crippen LogP contribution in [0.3, 0.4) is 0 Å². The van der Waals surface area contributed by atoms with E-state index in [1.807, 2.05) is 0 Å². The van der Waals surface area contributed by atoms with E-state index < -0.39 is 20.0 Å². The summed E-state index contributed by atoms with van der Waals surface area (Å²) < 4.78 is 53.5. The molecular formula is C19H22N4O5S4. The lowest BCUT2D eigenvalue weighted by Gasteiger charge is -2.29. The molecule has 0 atom stereocenters. The van der Waals surface area contributed by atoms with Gasteiger partial charge in [0.15, 0.2) is 5.13 Å². The molecule has 0 bridgehead atoms. The maximum absolute atomic E-state index is 12.7. The Morgan fingerprint density at radius 2 is 1.88 bits per heavy atom. The van der Waals surface area contributed by atoms with E-state index in [2.05, 4.69) is 10.3 Å². The van der Waals surface area contributed by atoms with Gasteiger partial charge in [0, 0.05) is 33.1 Å². The zero-order valence-electron chi connectivity index (χ0n) is 17.4. The zero-order valence-corrected chi connectivity index (χ0v) is 20.7. The highest BCUT2D eigenvalue weighted by atomic mass is 32.2. The van der Waals surface area contributed by atoms with Crippen molar-refractivity contribution in [2.24, 2.45) is 5.92 Å². The zero-order chi connectivity index (χ0) is 23.1. The van der Waals surface area contributed by atoms with Crippen molar-refractivity contribution in [2.75, 3.05) is 32.5 Å². The fourth-order valence-electron chi connectivity index (χ4n) is 3.43. The molecule has 1 aromatic carbocycles. The molecule has 0 aliphatic carbocycles. The van der Waals surface area contributed by atoms with Crippen LogP contribution in [0.2, 0.25) is 0 Å². The highest BCUT2D eigenvalue weighted by molar-refractivity contribution is 7.91. The maximum atomic E-state index is 12.7. The Bertz CT molecular complexity index is 1340. The molecular weight excluding hydrogens is 493 g/mol. The lowest BCUT2D eigenvalue weighted by atomic mass is 9.97. The van der Waals surface area contributed by atoms with Gasteiger partial charge in [-0.05, 0) is 42.5 Å². The molecule has 0 spiro atoms. The molecule has 1 fully saturated rings. The summed E-state index contributed by atoms with van der Waals surface area (Å²) in [4.78, 5) is 17.3. The topological polar surface area (TPSA) is 117 Å². The lowest BCUT2D eigenvalue weighted by Crippen LogP contribution is -2.41. The van der Waals surface area contributed by atoms with Crippen LogP contribution in [0, 0.1) is 5.92 Å². The molecule has 0 saturated carbocycles. The number of thiazole rings is 1. The standard InChI is InChI=1S/C19H22N4O5S4/c1-22(2)31(25,26)14-5-6-15-16(12-14)30-19(20-15)21-18(24)13-7-9-23(10-8-13)32(27,28)17-4-3-11-29-17/h3-6,11-13H,7-10H2,1-2H3,(H,20,21,24). The van der Waals surface area contributed by atoms with Gasteiger partial charge in [-0.3, -0.25) is 4.79 Å². The molecule has 32 heavy (non-hydrogen) atoms. The average molecular weight is 515 g/mol. The van der Waals surface area contributed by atoms with Crippen molar-refractivity contribution in [2.45, 2.75) is 21.9 Å². The molecule has 9 nitrogen and oxygen atoms in total. The number of nitrogens with one attached hydrogen (secondary N) is 1. The number of aromatic nitrogens is 1. The molecule has 4 rings (SSSR count). The number of piperidine rings is 1. The monoisotopic (exact) mass is 514 g/mol. The van der Waals surface area contributed by atoms with E-state index >= 15 is 0 Å². The van der Waals surface area contributed by atoms with Gasteiger partial charge in [-0.2, -0.15) is 4.31 Å². The molecule has 172 valence electrons. The van der Waals surface area contributed by atoms with Gasteiger partial charge in [0.2, 0.25) is 15.9 Å². The van der Waals surface area contributed by atoms with Gasteiger partial charge < -0.3 is 5.32 Å². The van der Waals surface area contributed by atoms with Crippen molar-refractivity contribution in [3.8, 4) is 0 Å². The van der Waals surface area contributed by atoms with Crippen molar-refractivity contribution in [1.82, 2.24) is 13.6 Å². The molecule has 13 heteroatoms. The van der Waals surface area contributed by atoms with E-state index in [1.54, 1.807) is 29.6 Å². The Morgan fingerprint density at radius 3 is 2.50 bits per heavy atom. The first-order valence-electron chi connectivity index (χ1n) is 9.76. The first-order chi connectivity index (χ1) is 15.1. The van der Waals surface area contributed by atoms with Crippen LogP contribution in [0.4, 0.5) is 5.13 Å². The fourth-order valence-corrected chi connectivity index (χ4v) is 7.96. The van der Waals surface area contributed by atoms with Gasteiger partial charge in [0.1, 0.15) is 4.21 Å². The Labute approximate surface area is 194 Å². The van der Waals surface area contributed by atoms with Crippen LogP contribution in [0.15, 0.2) is 44.8 Å². The number of carbonyl (C=O) groups is 1. The summed E-state index contributed by atoms with van der Waals surface area (Å²) in [6.45, 7) is 0.563. The molecule has 3 aromatic rings. The number of carbonyl (C=O) groups excluding carboxylic acids is 1. The number of fused-ring (bicyclic) bond motifs is 1. The lowest BCUT2D eigenvalue weighted by molar-refractivity contribution is -0.120. The third-order valence-corrected chi connectivity index (χ3v) is 11.3. The van der Waals surface area contributed by atoms with Crippen LogP contribution >= 0.6 is 22.7 Å². The first kappa shape index (κ1) is 23.3. The number of hydrogen-bond donors (Lipinski definition) is 1. The fraction of sp³-hybridized carbons (Fsp3) is 0.368. The van der Waals surface area contributed by atoms with Crippen molar-refractivity contribution in [3.05, 3.63) is 35.7 Å². The van der Waals surface area contributed by atoms with E-state index in [0.29, 0.717) is 32.4 Å². The Balaban J connectivity index is 1.42. The minimum absolute atomic E-state index is 0.163. The highest BCUT2D eigenvalue weighted by Gasteiger charge is 2.33. The van der Waals surface area contributed by atoms with Gasteiger partial charge in [-0.25, -0.2) is 26.1 Å². The van der Waals surface area contributed by atoms with E-state index in [0.717, 1.165) is 4.31 Å². The summed E-state index contributed by atoms with van der Waals surface area (Å²) in [6.07, 6.45) is 0.846.